The van der Waals surface area contributed by atoms with Crippen molar-refractivity contribution in [3.05, 3.63) is 28.8 Å². The fourth-order valence-electron chi connectivity index (χ4n) is 1.92. The van der Waals surface area contributed by atoms with E-state index in [0.29, 0.717) is 19.6 Å². The molecule has 0 aliphatic heterocycles. The second kappa shape index (κ2) is 7.01. The highest BCUT2D eigenvalue weighted by atomic mass is 16.5. The average molecular weight is 250 g/mol. The molecule has 0 aliphatic carbocycles. The highest BCUT2D eigenvalue weighted by Crippen LogP contribution is 2.24. The van der Waals surface area contributed by atoms with Gasteiger partial charge in [-0.1, -0.05) is 12.1 Å². The highest BCUT2D eigenvalue weighted by molar-refractivity contribution is 5.75. The molecule has 0 atom stereocenters. The Bertz CT molecular complexity index is 393. The Morgan fingerprint density at radius 2 is 1.94 bits per heavy atom. The van der Waals surface area contributed by atoms with E-state index in [9.17, 15) is 4.79 Å². The first kappa shape index (κ1) is 14.5. The van der Waals surface area contributed by atoms with Crippen molar-refractivity contribution in [1.29, 1.82) is 0 Å². The SMILES string of the molecule is CNC(=O)CCCOc1c(C)cc(CN)cc1C. The molecule has 18 heavy (non-hydrogen) atoms. The van der Waals surface area contributed by atoms with Gasteiger partial charge >= 0.3 is 0 Å². The standard InChI is InChI=1S/C14H22N2O2/c1-10-7-12(9-15)8-11(2)14(10)18-6-4-5-13(17)16-3/h7-8H,4-6,9,15H2,1-3H3,(H,16,17). The molecule has 4 heteroatoms. The molecule has 1 aromatic carbocycles. The van der Waals surface area contributed by atoms with E-state index in [1.54, 1.807) is 7.05 Å². The van der Waals surface area contributed by atoms with Crippen LogP contribution in [0.4, 0.5) is 0 Å². The Morgan fingerprint density at radius 3 is 2.44 bits per heavy atom. The van der Waals surface area contributed by atoms with Crippen molar-refractivity contribution in [2.45, 2.75) is 33.2 Å². The topological polar surface area (TPSA) is 64.3 Å². The average Bonchev–Trinajstić information content (AvgIpc) is 2.36. The summed E-state index contributed by atoms with van der Waals surface area (Å²) in [7, 11) is 1.64. The summed E-state index contributed by atoms with van der Waals surface area (Å²) in [6.07, 6.45) is 1.21. The molecule has 1 aromatic rings. The Morgan fingerprint density at radius 1 is 1.33 bits per heavy atom. The van der Waals surface area contributed by atoms with Crippen LogP contribution in [0.1, 0.15) is 29.5 Å². The number of rotatable bonds is 6. The number of carbonyl (C=O) groups excluding carboxylic acids is 1. The maximum absolute atomic E-state index is 11.1. The predicted octanol–water partition coefficient (Wildman–Crippen LogP) is 1.67. The quantitative estimate of drug-likeness (QED) is 0.755. The summed E-state index contributed by atoms with van der Waals surface area (Å²) in [6, 6.07) is 4.09. The second-order valence-corrected chi connectivity index (χ2v) is 4.39. The van der Waals surface area contributed by atoms with Crippen LogP contribution < -0.4 is 15.8 Å². The zero-order valence-corrected chi connectivity index (χ0v) is 11.4. The van der Waals surface area contributed by atoms with Crippen LogP contribution in [0.5, 0.6) is 5.75 Å². The molecular formula is C14H22N2O2. The zero-order chi connectivity index (χ0) is 13.5. The molecule has 0 spiro atoms. The number of hydrogen-bond donors (Lipinski definition) is 2. The lowest BCUT2D eigenvalue weighted by Gasteiger charge is -2.13. The molecule has 0 saturated carbocycles. The molecule has 0 aromatic heterocycles. The normalized spacial score (nSPS) is 10.2. The lowest BCUT2D eigenvalue weighted by molar-refractivity contribution is -0.120. The van der Waals surface area contributed by atoms with Gasteiger partial charge in [0.25, 0.3) is 0 Å². The Hall–Kier alpha value is -1.55. The van der Waals surface area contributed by atoms with Crippen molar-refractivity contribution in [1.82, 2.24) is 5.32 Å². The van der Waals surface area contributed by atoms with Crippen molar-refractivity contribution < 1.29 is 9.53 Å². The molecule has 0 radical (unpaired) electrons. The molecule has 1 rings (SSSR count). The third-order valence-corrected chi connectivity index (χ3v) is 2.83. The highest BCUT2D eigenvalue weighted by Gasteiger charge is 2.06. The molecule has 0 heterocycles. The molecule has 0 bridgehead atoms. The number of carbonyl (C=O) groups is 1. The minimum atomic E-state index is 0.0468. The van der Waals surface area contributed by atoms with Crippen molar-refractivity contribution in [3.8, 4) is 5.75 Å². The van der Waals surface area contributed by atoms with Gasteiger partial charge in [0.2, 0.25) is 5.91 Å². The van der Waals surface area contributed by atoms with Crippen LogP contribution in [0.2, 0.25) is 0 Å². The maximum atomic E-state index is 11.1. The van der Waals surface area contributed by atoms with E-state index in [1.807, 2.05) is 26.0 Å². The van der Waals surface area contributed by atoms with Gasteiger partial charge in [0.15, 0.2) is 0 Å². The summed E-state index contributed by atoms with van der Waals surface area (Å²) in [4.78, 5) is 11.1. The summed E-state index contributed by atoms with van der Waals surface area (Å²) in [6.45, 7) is 5.12. The predicted molar refractivity (Wildman–Crippen MR) is 72.6 cm³/mol. The molecule has 100 valence electrons. The molecule has 0 fully saturated rings. The third kappa shape index (κ3) is 4.04. The number of benzene rings is 1. The van der Waals surface area contributed by atoms with E-state index in [1.165, 1.54) is 0 Å². The molecule has 1 amide bonds. The third-order valence-electron chi connectivity index (χ3n) is 2.83. The van der Waals surface area contributed by atoms with E-state index in [4.69, 9.17) is 10.5 Å². The van der Waals surface area contributed by atoms with Crippen LogP contribution in [-0.4, -0.2) is 19.6 Å². The molecule has 0 aliphatic rings. The fraction of sp³-hybridized carbons (Fsp3) is 0.500. The van der Waals surface area contributed by atoms with E-state index in [2.05, 4.69) is 5.32 Å². The molecule has 4 nitrogen and oxygen atoms in total. The first-order chi connectivity index (χ1) is 8.58. The van der Waals surface area contributed by atoms with E-state index in [-0.39, 0.29) is 5.91 Å². The van der Waals surface area contributed by atoms with Gasteiger partial charge in [-0.15, -0.1) is 0 Å². The van der Waals surface area contributed by atoms with Crippen molar-refractivity contribution in [2.75, 3.05) is 13.7 Å². The van der Waals surface area contributed by atoms with Gasteiger partial charge in [0.1, 0.15) is 5.75 Å². The Balaban J connectivity index is 2.54. The monoisotopic (exact) mass is 250 g/mol. The number of nitrogens with two attached hydrogens (primary N) is 1. The Kier molecular flexibility index (Phi) is 5.65. The molecule has 3 N–H and O–H groups in total. The van der Waals surface area contributed by atoms with Crippen LogP contribution in [-0.2, 0) is 11.3 Å². The smallest absolute Gasteiger partial charge is 0.219 e. The van der Waals surface area contributed by atoms with Crippen LogP contribution in [0, 0.1) is 13.8 Å². The summed E-state index contributed by atoms with van der Waals surface area (Å²) in [5.41, 5.74) is 8.92. The van der Waals surface area contributed by atoms with E-state index < -0.39 is 0 Å². The van der Waals surface area contributed by atoms with Gasteiger partial charge in [0.05, 0.1) is 6.61 Å². The summed E-state index contributed by atoms with van der Waals surface area (Å²) in [5, 5.41) is 2.59. The van der Waals surface area contributed by atoms with Gasteiger partial charge in [0, 0.05) is 20.0 Å². The van der Waals surface area contributed by atoms with Gasteiger partial charge in [-0.25, -0.2) is 0 Å². The van der Waals surface area contributed by atoms with Crippen LogP contribution in [0.25, 0.3) is 0 Å². The number of ether oxygens (including phenoxy) is 1. The lowest BCUT2D eigenvalue weighted by atomic mass is 10.1. The van der Waals surface area contributed by atoms with Crippen LogP contribution >= 0.6 is 0 Å². The Labute approximate surface area is 109 Å². The largest absolute Gasteiger partial charge is 0.493 e. The van der Waals surface area contributed by atoms with Gasteiger partial charge in [-0.2, -0.15) is 0 Å². The van der Waals surface area contributed by atoms with Gasteiger partial charge < -0.3 is 15.8 Å². The van der Waals surface area contributed by atoms with Crippen molar-refractivity contribution in [3.63, 3.8) is 0 Å². The number of hydrogen-bond acceptors (Lipinski definition) is 3. The molecule has 0 saturated heterocycles. The number of nitrogens with one attached hydrogen (secondary N) is 1. The van der Waals surface area contributed by atoms with Crippen molar-refractivity contribution in [2.24, 2.45) is 5.73 Å². The molecular weight excluding hydrogens is 228 g/mol. The maximum Gasteiger partial charge on any atom is 0.219 e. The lowest BCUT2D eigenvalue weighted by Crippen LogP contribution is -2.18. The van der Waals surface area contributed by atoms with Gasteiger partial charge in [-0.05, 0) is 37.0 Å². The minimum absolute atomic E-state index is 0.0468. The van der Waals surface area contributed by atoms with Crippen molar-refractivity contribution >= 4 is 5.91 Å². The first-order valence-corrected chi connectivity index (χ1v) is 6.22. The summed E-state index contributed by atoms with van der Waals surface area (Å²) >= 11 is 0. The number of aryl methyl sites for hydroxylation is 2. The van der Waals surface area contributed by atoms with E-state index in [0.717, 1.165) is 28.9 Å². The second-order valence-electron chi connectivity index (χ2n) is 4.39. The first-order valence-electron chi connectivity index (χ1n) is 6.22. The summed E-state index contributed by atoms with van der Waals surface area (Å²) < 4.78 is 5.74. The van der Waals surface area contributed by atoms with E-state index >= 15 is 0 Å². The molecule has 0 unspecified atom stereocenters. The van der Waals surface area contributed by atoms with Crippen LogP contribution in [0.3, 0.4) is 0 Å². The van der Waals surface area contributed by atoms with Crippen LogP contribution in [0.15, 0.2) is 12.1 Å². The zero-order valence-electron chi connectivity index (χ0n) is 11.4. The minimum Gasteiger partial charge on any atom is -0.493 e. The number of amides is 1. The summed E-state index contributed by atoms with van der Waals surface area (Å²) in [5.74, 6) is 0.953. The van der Waals surface area contributed by atoms with Gasteiger partial charge in [-0.3, -0.25) is 4.79 Å². The fourth-order valence-corrected chi connectivity index (χ4v) is 1.92.